The van der Waals surface area contributed by atoms with E-state index in [9.17, 15) is 0 Å². The monoisotopic (exact) mass is 283 g/mol. The third-order valence-corrected chi connectivity index (χ3v) is 3.56. The van der Waals surface area contributed by atoms with Crippen LogP contribution in [0.15, 0.2) is 24.3 Å². The first kappa shape index (κ1) is 12.2. The molecule has 0 aliphatic carbocycles. The Morgan fingerprint density at radius 2 is 2.24 bits per heavy atom. The highest BCUT2D eigenvalue weighted by atomic mass is 35.5. The van der Waals surface area contributed by atoms with E-state index in [0.29, 0.717) is 21.6 Å². The molecule has 0 fully saturated rings. The lowest BCUT2D eigenvalue weighted by Gasteiger charge is -2.02. The molecule has 0 aliphatic rings. The summed E-state index contributed by atoms with van der Waals surface area (Å²) in [5.41, 5.74) is 1.04. The van der Waals surface area contributed by atoms with Crippen molar-refractivity contribution < 1.29 is 0 Å². The lowest BCUT2D eigenvalue weighted by Crippen LogP contribution is -1.98. The predicted octanol–water partition coefficient (Wildman–Crippen LogP) is 3.93. The predicted molar refractivity (Wildman–Crippen MR) is 70.6 cm³/mol. The molecule has 1 heterocycles. The molecular weight excluding hydrogens is 277 g/mol. The molecule has 17 heavy (non-hydrogen) atoms. The molecular formula is C11H7Cl2N3S. The number of nitrogens with one attached hydrogen (secondary N) is 1. The van der Waals surface area contributed by atoms with Crippen molar-refractivity contribution >= 4 is 39.7 Å². The van der Waals surface area contributed by atoms with Gasteiger partial charge < -0.3 is 5.32 Å². The number of hydrogen-bond donors (Lipinski definition) is 1. The van der Waals surface area contributed by atoms with Crippen LogP contribution in [0.4, 0.5) is 5.13 Å². The molecule has 0 bridgehead atoms. The van der Waals surface area contributed by atoms with E-state index in [1.165, 1.54) is 11.3 Å². The van der Waals surface area contributed by atoms with E-state index in [1.807, 2.05) is 30.3 Å². The van der Waals surface area contributed by atoms with Crippen molar-refractivity contribution in [3.63, 3.8) is 0 Å². The van der Waals surface area contributed by atoms with Crippen LogP contribution in [0.5, 0.6) is 0 Å². The summed E-state index contributed by atoms with van der Waals surface area (Å²) < 4.78 is 0. The van der Waals surface area contributed by atoms with Crippen molar-refractivity contribution in [1.29, 1.82) is 5.26 Å². The summed E-state index contributed by atoms with van der Waals surface area (Å²) >= 11 is 12.9. The Morgan fingerprint density at radius 1 is 1.41 bits per heavy atom. The topological polar surface area (TPSA) is 48.7 Å². The minimum absolute atomic E-state index is 0.242. The van der Waals surface area contributed by atoms with Gasteiger partial charge in [-0.3, -0.25) is 0 Å². The van der Waals surface area contributed by atoms with Crippen LogP contribution in [0.2, 0.25) is 10.2 Å². The van der Waals surface area contributed by atoms with Gasteiger partial charge in [-0.05, 0) is 17.7 Å². The zero-order valence-corrected chi connectivity index (χ0v) is 10.9. The van der Waals surface area contributed by atoms with Crippen LogP contribution in [-0.2, 0) is 6.54 Å². The normalized spacial score (nSPS) is 9.94. The third-order valence-electron chi connectivity index (χ3n) is 2.02. The summed E-state index contributed by atoms with van der Waals surface area (Å²) in [6, 6.07) is 9.52. The van der Waals surface area contributed by atoms with Gasteiger partial charge in [0.05, 0.1) is 0 Å². The van der Waals surface area contributed by atoms with E-state index >= 15 is 0 Å². The first-order valence-electron chi connectivity index (χ1n) is 4.74. The Labute approximate surface area is 113 Å². The van der Waals surface area contributed by atoms with Gasteiger partial charge in [0.1, 0.15) is 10.9 Å². The number of rotatable bonds is 3. The summed E-state index contributed by atoms with van der Waals surface area (Å²) in [4.78, 5) is 4.45. The first-order chi connectivity index (χ1) is 8.19. The average molecular weight is 284 g/mol. The molecule has 2 aromatic rings. The summed E-state index contributed by atoms with van der Waals surface area (Å²) in [5.74, 6) is 0. The molecule has 0 atom stereocenters. The molecule has 1 N–H and O–H groups in total. The first-order valence-corrected chi connectivity index (χ1v) is 6.31. The van der Waals surface area contributed by atoms with Crippen LogP contribution in [0.25, 0.3) is 0 Å². The number of thiazole rings is 1. The number of aromatic nitrogens is 1. The molecule has 3 nitrogen and oxygen atoms in total. The molecule has 6 heteroatoms. The molecule has 1 aromatic carbocycles. The molecule has 0 spiro atoms. The van der Waals surface area contributed by atoms with E-state index in [4.69, 9.17) is 28.5 Å². The van der Waals surface area contributed by atoms with Gasteiger partial charge in [0, 0.05) is 11.6 Å². The summed E-state index contributed by atoms with van der Waals surface area (Å²) in [6.45, 7) is 0.593. The van der Waals surface area contributed by atoms with Crippen LogP contribution in [0.1, 0.15) is 10.4 Å². The number of halogens is 2. The van der Waals surface area contributed by atoms with Crippen LogP contribution in [-0.4, -0.2) is 4.98 Å². The zero-order valence-electron chi connectivity index (χ0n) is 8.58. The minimum Gasteiger partial charge on any atom is -0.357 e. The standard InChI is InChI=1S/C11H7Cl2N3S/c12-8-3-1-2-7(4-8)6-15-11-16-10(13)9(5-14)17-11/h1-4H,6H2,(H,15,16). The Hall–Kier alpha value is -1.28. The number of benzene rings is 1. The van der Waals surface area contributed by atoms with E-state index in [1.54, 1.807) is 0 Å². The second kappa shape index (κ2) is 5.37. The van der Waals surface area contributed by atoms with Crippen molar-refractivity contribution in [2.24, 2.45) is 0 Å². The fraction of sp³-hybridized carbons (Fsp3) is 0.0909. The SMILES string of the molecule is N#Cc1sc(NCc2cccc(Cl)c2)nc1Cl. The fourth-order valence-electron chi connectivity index (χ4n) is 1.27. The Balaban J connectivity index is 2.05. The van der Waals surface area contributed by atoms with Gasteiger partial charge in [-0.15, -0.1) is 0 Å². The highest BCUT2D eigenvalue weighted by Gasteiger charge is 2.07. The molecule has 2 rings (SSSR count). The molecule has 86 valence electrons. The Bertz CT molecular complexity index is 574. The highest BCUT2D eigenvalue weighted by molar-refractivity contribution is 7.16. The van der Waals surface area contributed by atoms with Gasteiger partial charge in [-0.25, -0.2) is 4.98 Å². The van der Waals surface area contributed by atoms with Gasteiger partial charge >= 0.3 is 0 Å². The third kappa shape index (κ3) is 3.10. The van der Waals surface area contributed by atoms with E-state index in [2.05, 4.69) is 10.3 Å². The molecule has 0 radical (unpaired) electrons. The number of nitriles is 1. The quantitative estimate of drug-likeness (QED) is 0.928. The van der Waals surface area contributed by atoms with Crippen LogP contribution in [0, 0.1) is 11.3 Å². The van der Waals surface area contributed by atoms with Gasteiger partial charge in [0.25, 0.3) is 0 Å². The molecule has 0 saturated heterocycles. The van der Waals surface area contributed by atoms with E-state index < -0.39 is 0 Å². The second-order valence-electron chi connectivity index (χ2n) is 3.23. The zero-order chi connectivity index (χ0) is 12.3. The maximum atomic E-state index is 8.74. The minimum atomic E-state index is 0.242. The van der Waals surface area contributed by atoms with Crippen LogP contribution in [0.3, 0.4) is 0 Å². The molecule has 1 aromatic heterocycles. The molecule has 0 amide bonds. The summed E-state index contributed by atoms with van der Waals surface area (Å²) in [6.07, 6.45) is 0. The van der Waals surface area contributed by atoms with Gasteiger partial charge in [-0.2, -0.15) is 5.26 Å². The van der Waals surface area contributed by atoms with Gasteiger partial charge in [-0.1, -0.05) is 46.7 Å². The van der Waals surface area contributed by atoms with Crippen molar-refractivity contribution in [2.45, 2.75) is 6.54 Å². The lowest BCUT2D eigenvalue weighted by molar-refractivity contribution is 1.13. The van der Waals surface area contributed by atoms with Crippen molar-refractivity contribution in [1.82, 2.24) is 4.98 Å². The van der Waals surface area contributed by atoms with Gasteiger partial charge in [0.2, 0.25) is 0 Å². The number of anilines is 1. The smallest absolute Gasteiger partial charge is 0.185 e. The van der Waals surface area contributed by atoms with Crippen molar-refractivity contribution in [2.75, 3.05) is 5.32 Å². The van der Waals surface area contributed by atoms with Crippen molar-refractivity contribution in [3.8, 4) is 6.07 Å². The second-order valence-corrected chi connectivity index (χ2v) is 5.03. The van der Waals surface area contributed by atoms with Crippen molar-refractivity contribution in [3.05, 3.63) is 44.9 Å². The van der Waals surface area contributed by atoms with Crippen LogP contribution >= 0.6 is 34.5 Å². The lowest BCUT2D eigenvalue weighted by atomic mass is 10.2. The average Bonchev–Trinajstić information content (AvgIpc) is 2.67. The maximum absolute atomic E-state index is 8.74. The Morgan fingerprint density at radius 3 is 2.88 bits per heavy atom. The van der Waals surface area contributed by atoms with E-state index in [0.717, 1.165) is 5.56 Å². The fourth-order valence-corrected chi connectivity index (χ4v) is 2.43. The maximum Gasteiger partial charge on any atom is 0.185 e. The Kier molecular flexibility index (Phi) is 3.85. The molecule has 0 unspecified atom stereocenters. The molecule has 0 saturated carbocycles. The largest absolute Gasteiger partial charge is 0.357 e. The van der Waals surface area contributed by atoms with E-state index in [-0.39, 0.29) is 5.15 Å². The van der Waals surface area contributed by atoms with Crippen LogP contribution < -0.4 is 5.32 Å². The number of nitrogens with zero attached hydrogens (tertiary/aromatic N) is 2. The number of hydrogen-bond acceptors (Lipinski definition) is 4. The summed E-state index contributed by atoms with van der Waals surface area (Å²) in [5, 5.41) is 13.4. The molecule has 0 aliphatic heterocycles. The van der Waals surface area contributed by atoms with Gasteiger partial charge in [0.15, 0.2) is 10.3 Å². The highest BCUT2D eigenvalue weighted by Crippen LogP contribution is 2.26. The summed E-state index contributed by atoms with van der Waals surface area (Å²) in [7, 11) is 0.